The van der Waals surface area contributed by atoms with E-state index < -0.39 is 0 Å². The third-order valence-electron chi connectivity index (χ3n) is 4.77. The van der Waals surface area contributed by atoms with Crippen LogP contribution in [0.3, 0.4) is 0 Å². The molecule has 0 radical (unpaired) electrons. The minimum absolute atomic E-state index is 0. The van der Waals surface area contributed by atoms with E-state index in [1.54, 1.807) is 10.9 Å². The van der Waals surface area contributed by atoms with E-state index in [0.717, 1.165) is 0 Å². The van der Waals surface area contributed by atoms with Crippen molar-refractivity contribution in [2.24, 2.45) is 0 Å². The van der Waals surface area contributed by atoms with Crippen molar-refractivity contribution in [1.29, 1.82) is 0 Å². The van der Waals surface area contributed by atoms with Gasteiger partial charge < -0.3 is 0 Å². The molecular weight excluding hydrogens is 406 g/mol. The second kappa shape index (κ2) is 11.9. The van der Waals surface area contributed by atoms with E-state index in [-0.39, 0.29) is 32.9 Å². The van der Waals surface area contributed by atoms with Crippen LogP contribution < -0.4 is 5.30 Å². The van der Waals surface area contributed by atoms with Gasteiger partial charge in [0.05, 0.1) is 0 Å². The molecule has 0 aliphatic rings. The molecule has 0 aliphatic carbocycles. The van der Waals surface area contributed by atoms with Crippen molar-refractivity contribution >= 4 is 21.1 Å². The standard InChI is InChI=1S/C19H35P2.C5H5.Fe/c1-10-20(11-2)17-14-12-13-16(17)15(3)21(18(4,5)6)19(7,8)9;1-2-4-5-3-1;/h12-15H,10-11H2,1-9H3;1-5H;/q2*-1;+2. The van der Waals surface area contributed by atoms with Gasteiger partial charge in [0.1, 0.15) is 0 Å². The summed E-state index contributed by atoms with van der Waals surface area (Å²) in [5.74, 6) is 0. The van der Waals surface area contributed by atoms with Gasteiger partial charge in [0.15, 0.2) is 0 Å². The zero-order valence-electron chi connectivity index (χ0n) is 18.9. The second-order valence-electron chi connectivity index (χ2n) is 8.89. The monoisotopic (exact) mass is 446 g/mol. The smallest absolute Gasteiger partial charge is 0.214 e. The molecule has 154 valence electrons. The normalized spacial score (nSPS) is 13.1. The fourth-order valence-electron chi connectivity index (χ4n) is 4.26. The van der Waals surface area contributed by atoms with Crippen LogP contribution in [0.4, 0.5) is 0 Å². The Labute approximate surface area is 182 Å². The Morgan fingerprint density at radius 3 is 1.70 bits per heavy atom. The molecular formula is C24H40FeP2. The molecule has 0 bridgehead atoms. The van der Waals surface area contributed by atoms with Gasteiger partial charge in [-0.1, -0.05) is 68.0 Å². The molecule has 0 amide bonds. The SMILES string of the molecule is CCP(CC)c1[cH-]ccc1C(C)P(C(C)(C)C)C(C)(C)C.[Fe+2].c1cc[cH-]c1. The Bertz CT molecular complexity index is 564. The van der Waals surface area contributed by atoms with Gasteiger partial charge in [-0.25, -0.2) is 18.2 Å². The first-order valence-electron chi connectivity index (χ1n) is 10.0. The molecule has 2 aromatic rings. The molecule has 0 saturated heterocycles. The number of hydrogen-bond acceptors (Lipinski definition) is 0. The largest absolute Gasteiger partial charge is 2.00 e. The van der Waals surface area contributed by atoms with Crippen LogP contribution in [0.15, 0.2) is 48.5 Å². The van der Waals surface area contributed by atoms with E-state index in [9.17, 15) is 0 Å². The van der Waals surface area contributed by atoms with Crippen LogP contribution in [0.1, 0.15) is 73.5 Å². The van der Waals surface area contributed by atoms with Crippen LogP contribution in [0.5, 0.6) is 0 Å². The molecule has 0 fully saturated rings. The van der Waals surface area contributed by atoms with Gasteiger partial charge in [-0.2, -0.15) is 35.9 Å². The summed E-state index contributed by atoms with van der Waals surface area (Å²) in [5, 5.41) is 2.47. The van der Waals surface area contributed by atoms with Gasteiger partial charge in [-0.3, -0.25) is 0 Å². The molecule has 1 atom stereocenters. The van der Waals surface area contributed by atoms with Crippen LogP contribution in [-0.2, 0) is 17.1 Å². The summed E-state index contributed by atoms with van der Waals surface area (Å²) >= 11 is 0. The van der Waals surface area contributed by atoms with Crippen molar-refractivity contribution in [2.45, 2.75) is 78.3 Å². The van der Waals surface area contributed by atoms with E-state index in [1.807, 2.05) is 30.3 Å². The average Bonchev–Trinajstić information content (AvgIpc) is 3.20. The van der Waals surface area contributed by atoms with Gasteiger partial charge >= 0.3 is 17.1 Å². The van der Waals surface area contributed by atoms with E-state index in [0.29, 0.717) is 16.0 Å². The summed E-state index contributed by atoms with van der Waals surface area (Å²) in [7, 11) is -0.0488. The topological polar surface area (TPSA) is 0 Å². The molecule has 0 spiro atoms. The van der Waals surface area contributed by atoms with Gasteiger partial charge in [-0.15, -0.1) is 21.1 Å². The molecule has 0 heterocycles. The van der Waals surface area contributed by atoms with Crippen LogP contribution >= 0.6 is 15.8 Å². The Morgan fingerprint density at radius 2 is 1.37 bits per heavy atom. The molecule has 1 unspecified atom stereocenters. The van der Waals surface area contributed by atoms with Crippen molar-refractivity contribution in [2.75, 3.05) is 12.3 Å². The fraction of sp³-hybridized carbons (Fsp3) is 0.583. The molecule has 27 heavy (non-hydrogen) atoms. The molecule has 2 rings (SSSR count). The van der Waals surface area contributed by atoms with E-state index >= 15 is 0 Å². The van der Waals surface area contributed by atoms with E-state index in [2.05, 4.69) is 80.5 Å². The summed E-state index contributed by atoms with van der Waals surface area (Å²) in [6.07, 6.45) is 2.64. The Balaban J connectivity index is 0.000000969. The average molecular weight is 446 g/mol. The molecule has 0 aromatic heterocycles. The first-order chi connectivity index (χ1) is 12.0. The first kappa shape index (κ1) is 27.1. The van der Waals surface area contributed by atoms with Crippen molar-refractivity contribution in [1.82, 2.24) is 0 Å². The minimum Gasteiger partial charge on any atom is -0.214 e. The molecule has 0 nitrogen and oxygen atoms in total. The summed E-state index contributed by atoms with van der Waals surface area (Å²) in [6, 6.07) is 17.1. The number of hydrogen-bond donors (Lipinski definition) is 0. The summed E-state index contributed by atoms with van der Waals surface area (Å²) < 4.78 is 0. The Morgan fingerprint density at radius 1 is 0.889 bits per heavy atom. The van der Waals surface area contributed by atoms with Gasteiger partial charge in [0, 0.05) is 0 Å². The third kappa shape index (κ3) is 8.15. The van der Waals surface area contributed by atoms with E-state index in [1.165, 1.54) is 12.3 Å². The maximum absolute atomic E-state index is 2.49. The van der Waals surface area contributed by atoms with Crippen molar-refractivity contribution in [3.05, 3.63) is 54.1 Å². The van der Waals surface area contributed by atoms with Gasteiger partial charge in [-0.05, 0) is 22.6 Å². The van der Waals surface area contributed by atoms with Crippen LogP contribution in [-0.4, -0.2) is 22.6 Å². The molecule has 3 heteroatoms. The van der Waals surface area contributed by atoms with Gasteiger partial charge in [0.25, 0.3) is 0 Å². The maximum atomic E-state index is 2.49. The maximum Gasteiger partial charge on any atom is 2.00 e. The zero-order chi connectivity index (χ0) is 20.0. The van der Waals surface area contributed by atoms with Crippen molar-refractivity contribution in [3.8, 4) is 0 Å². The molecule has 0 saturated carbocycles. The van der Waals surface area contributed by atoms with Crippen molar-refractivity contribution in [3.63, 3.8) is 0 Å². The summed E-state index contributed by atoms with van der Waals surface area (Å²) in [6.45, 7) is 21.8. The van der Waals surface area contributed by atoms with Crippen LogP contribution in [0.25, 0.3) is 0 Å². The second-order valence-corrected chi connectivity index (χ2v) is 15.9. The Hall–Kier alpha value is 0.0795. The number of rotatable bonds is 5. The predicted octanol–water partition coefficient (Wildman–Crippen LogP) is 8.10. The van der Waals surface area contributed by atoms with Gasteiger partial charge in [0.2, 0.25) is 0 Å². The zero-order valence-corrected chi connectivity index (χ0v) is 21.8. The van der Waals surface area contributed by atoms with E-state index in [4.69, 9.17) is 0 Å². The third-order valence-corrected chi connectivity index (χ3v) is 11.3. The molecule has 2 aromatic carbocycles. The predicted molar refractivity (Wildman–Crippen MR) is 127 cm³/mol. The summed E-state index contributed by atoms with van der Waals surface area (Å²) in [5.41, 5.74) is 2.34. The Kier molecular flexibility index (Phi) is 12.0. The summed E-state index contributed by atoms with van der Waals surface area (Å²) in [4.78, 5) is 0. The quantitative estimate of drug-likeness (QED) is 0.247. The van der Waals surface area contributed by atoms with Crippen LogP contribution in [0, 0.1) is 0 Å². The van der Waals surface area contributed by atoms with Crippen molar-refractivity contribution < 1.29 is 17.1 Å². The fourth-order valence-corrected chi connectivity index (χ4v) is 11.3. The molecule has 0 N–H and O–H groups in total. The van der Waals surface area contributed by atoms with Crippen LogP contribution in [0.2, 0.25) is 0 Å². The molecule has 0 aliphatic heterocycles. The minimum atomic E-state index is -0.0951. The first-order valence-corrected chi connectivity index (χ1v) is 13.1.